The zero-order chi connectivity index (χ0) is 18.8. The van der Waals surface area contributed by atoms with Gasteiger partial charge in [0.1, 0.15) is 11.5 Å². The van der Waals surface area contributed by atoms with Gasteiger partial charge in [0, 0.05) is 43.9 Å². The van der Waals surface area contributed by atoms with Crippen LogP contribution in [0, 0.1) is 0 Å². The fourth-order valence-corrected chi connectivity index (χ4v) is 4.17. The third-order valence-corrected chi connectivity index (χ3v) is 5.73. The van der Waals surface area contributed by atoms with Crippen molar-refractivity contribution in [1.82, 2.24) is 9.80 Å². The smallest absolute Gasteiger partial charge is 0.254 e. The van der Waals surface area contributed by atoms with E-state index in [4.69, 9.17) is 9.47 Å². The summed E-state index contributed by atoms with van der Waals surface area (Å²) in [6.45, 7) is 3.62. The maximum Gasteiger partial charge on any atom is 0.254 e. The van der Waals surface area contributed by atoms with Crippen LogP contribution in [0.2, 0.25) is 0 Å². The Morgan fingerprint density at radius 3 is 2.41 bits per heavy atom. The highest BCUT2D eigenvalue weighted by Crippen LogP contribution is 2.27. The van der Waals surface area contributed by atoms with E-state index in [0.717, 1.165) is 39.0 Å². The third kappa shape index (κ3) is 3.65. The fraction of sp³-hybridized carbons (Fsp3) is 0.409. The highest BCUT2D eigenvalue weighted by Gasteiger charge is 2.32. The molecule has 142 valence electrons. The highest BCUT2D eigenvalue weighted by molar-refractivity contribution is 5.95. The molecule has 0 unspecified atom stereocenters. The summed E-state index contributed by atoms with van der Waals surface area (Å²) in [6, 6.07) is 14.5. The lowest BCUT2D eigenvalue weighted by Gasteiger charge is -2.33. The van der Waals surface area contributed by atoms with Crippen LogP contribution >= 0.6 is 0 Å². The molecule has 0 bridgehead atoms. The van der Waals surface area contributed by atoms with Gasteiger partial charge < -0.3 is 14.4 Å². The molecule has 0 aliphatic carbocycles. The van der Waals surface area contributed by atoms with Gasteiger partial charge in [-0.25, -0.2) is 0 Å². The summed E-state index contributed by atoms with van der Waals surface area (Å²) in [6.07, 6.45) is 2.11. The second kappa shape index (κ2) is 7.61. The Labute approximate surface area is 160 Å². The van der Waals surface area contributed by atoms with E-state index in [-0.39, 0.29) is 5.91 Å². The molecular formula is C22H26N2O3. The average Bonchev–Trinajstić information content (AvgIpc) is 3.22. The Bertz CT molecular complexity index is 814. The van der Waals surface area contributed by atoms with Crippen molar-refractivity contribution in [3.63, 3.8) is 0 Å². The topological polar surface area (TPSA) is 42.0 Å². The Hall–Kier alpha value is -2.53. The van der Waals surface area contributed by atoms with Crippen LogP contribution < -0.4 is 9.47 Å². The van der Waals surface area contributed by atoms with E-state index in [2.05, 4.69) is 29.2 Å². The first-order valence-electron chi connectivity index (χ1n) is 9.51. The van der Waals surface area contributed by atoms with E-state index in [1.54, 1.807) is 32.4 Å². The lowest BCUT2D eigenvalue weighted by atomic mass is 9.98. The molecular weight excluding hydrogens is 340 g/mol. The van der Waals surface area contributed by atoms with Gasteiger partial charge in [0.2, 0.25) is 0 Å². The third-order valence-electron chi connectivity index (χ3n) is 5.73. The van der Waals surface area contributed by atoms with Gasteiger partial charge in [0.15, 0.2) is 0 Å². The Morgan fingerprint density at radius 2 is 1.70 bits per heavy atom. The predicted octanol–water partition coefficient (Wildman–Crippen LogP) is 2.98. The van der Waals surface area contributed by atoms with Crippen LogP contribution in [-0.2, 0) is 13.0 Å². The van der Waals surface area contributed by atoms with Gasteiger partial charge in [-0.3, -0.25) is 9.69 Å². The van der Waals surface area contributed by atoms with Crippen molar-refractivity contribution in [2.75, 3.05) is 33.9 Å². The van der Waals surface area contributed by atoms with E-state index in [9.17, 15) is 4.79 Å². The van der Waals surface area contributed by atoms with E-state index in [1.165, 1.54) is 11.1 Å². The van der Waals surface area contributed by atoms with Gasteiger partial charge in [-0.1, -0.05) is 24.3 Å². The van der Waals surface area contributed by atoms with Gasteiger partial charge in [0.25, 0.3) is 5.91 Å². The van der Waals surface area contributed by atoms with E-state index in [0.29, 0.717) is 23.1 Å². The molecule has 0 saturated carbocycles. The summed E-state index contributed by atoms with van der Waals surface area (Å²) in [4.78, 5) is 17.5. The van der Waals surface area contributed by atoms with Gasteiger partial charge in [-0.15, -0.1) is 0 Å². The number of nitrogens with zero attached hydrogens (tertiary/aromatic N) is 2. The first-order valence-corrected chi connectivity index (χ1v) is 9.51. The number of rotatable bonds is 4. The van der Waals surface area contributed by atoms with Gasteiger partial charge >= 0.3 is 0 Å². The molecule has 4 rings (SSSR count). The van der Waals surface area contributed by atoms with Crippen LogP contribution in [0.25, 0.3) is 0 Å². The lowest BCUT2D eigenvalue weighted by molar-refractivity contribution is 0.0772. The number of benzene rings is 2. The summed E-state index contributed by atoms with van der Waals surface area (Å²) in [5.74, 6) is 1.33. The summed E-state index contributed by atoms with van der Waals surface area (Å²) < 4.78 is 10.6. The average molecular weight is 366 g/mol. The molecule has 2 aliphatic heterocycles. The maximum atomic E-state index is 13.0. The molecule has 0 radical (unpaired) electrons. The minimum Gasteiger partial charge on any atom is -0.497 e. The first kappa shape index (κ1) is 17.9. The largest absolute Gasteiger partial charge is 0.497 e. The predicted molar refractivity (Wildman–Crippen MR) is 104 cm³/mol. The number of likely N-dealkylation sites (tertiary alicyclic amines) is 1. The molecule has 2 aliphatic rings. The SMILES string of the molecule is COc1cc(OC)cc(C(=O)N2CC[C@H](N3CCc4ccccc4C3)C2)c1. The van der Waals surface area contributed by atoms with Crippen molar-refractivity contribution < 1.29 is 14.3 Å². The molecule has 0 spiro atoms. The maximum absolute atomic E-state index is 13.0. The molecule has 1 saturated heterocycles. The molecule has 1 amide bonds. The minimum atomic E-state index is 0.0482. The Kier molecular flexibility index (Phi) is 5.03. The van der Waals surface area contributed by atoms with Crippen LogP contribution in [0.4, 0.5) is 0 Å². The molecule has 27 heavy (non-hydrogen) atoms. The van der Waals surface area contributed by atoms with Crippen molar-refractivity contribution in [3.8, 4) is 11.5 Å². The van der Waals surface area contributed by atoms with Gasteiger partial charge in [-0.2, -0.15) is 0 Å². The molecule has 0 N–H and O–H groups in total. The van der Waals surface area contributed by atoms with Crippen molar-refractivity contribution in [2.45, 2.75) is 25.4 Å². The fourth-order valence-electron chi connectivity index (χ4n) is 4.17. The lowest BCUT2D eigenvalue weighted by Crippen LogP contribution is -2.41. The van der Waals surface area contributed by atoms with Crippen molar-refractivity contribution in [2.24, 2.45) is 0 Å². The molecule has 5 heteroatoms. The van der Waals surface area contributed by atoms with E-state index in [1.807, 2.05) is 4.90 Å². The molecule has 5 nitrogen and oxygen atoms in total. The normalized spacial score (nSPS) is 19.6. The van der Waals surface area contributed by atoms with E-state index >= 15 is 0 Å². The molecule has 1 fully saturated rings. The van der Waals surface area contributed by atoms with Gasteiger partial charge in [0.05, 0.1) is 14.2 Å². The molecule has 2 aromatic rings. The first-order chi connectivity index (χ1) is 13.2. The van der Waals surface area contributed by atoms with Crippen LogP contribution in [0.15, 0.2) is 42.5 Å². The van der Waals surface area contributed by atoms with Crippen LogP contribution in [0.5, 0.6) is 11.5 Å². The quantitative estimate of drug-likeness (QED) is 0.834. The number of fused-ring (bicyclic) bond motifs is 1. The number of hydrogen-bond acceptors (Lipinski definition) is 4. The van der Waals surface area contributed by atoms with Crippen molar-refractivity contribution in [1.29, 1.82) is 0 Å². The Morgan fingerprint density at radius 1 is 1.00 bits per heavy atom. The van der Waals surface area contributed by atoms with Crippen LogP contribution in [0.1, 0.15) is 27.9 Å². The number of hydrogen-bond donors (Lipinski definition) is 0. The van der Waals surface area contributed by atoms with Crippen LogP contribution in [0.3, 0.4) is 0 Å². The standard InChI is InChI=1S/C22H26N2O3/c1-26-20-11-18(12-21(13-20)27-2)22(25)24-10-8-19(15-24)23-9-7-16-5-3-4-6-17(16)14-23/h3-6,11-13,19H,7-10,14-15H2,1-2H3/t19-/m0/s1. The number of ether oxygens (including phenoxy) is 2. The van der Waals surface area contributed by atoms with Crippen molar-refractivity contribution in [3.05, 3.63) is 59.2 Å². The van der Waals surface area contributed by atoms with Crippen molar-refractivity contribution >= 4 is 5.91 Å². The zero-order valence-corrected chi connectivity index (χ0v) is 16.0. The van der Waals surface area contributed by atoms with E-state index < -0.39 is 0 Å². The second-order valence-corrected chi connectivity index (χ2v) is 7.28. The summed E-state index contributed by atoms with van der Waals surface area (Å²) in [7, 11) is 3.20. The summed E-state index contributed by atoms with van der Waals surface area (Å²) >= 11 is 0. The van der Waals surface area contributed by atoms with Crippen LogP contribution in [-0.4, -0.2) is 55.6 Å². The van der Waals surface area contributed by atoms with Gasteiger partial charge in [-0.05, 0) is 36.1 Å². The number of carbonyl (C=O) groups excluding carboxylic acids is 1. The highest BCUT2D eigenvalue weighted by atomic mass is 16.5. The molecule has 2 heterocycles. The second-order valence-electron chi connectivity index (χ2n) is 7.28. The number of methoxy groups -OCH3 is 2. The minimum absolute atomic E-state index is 0.0482. The number of amides is 1. The molecule has 2 aromatic carbocycles. The summed E-state index contributed by atoms with van der Waals surface area (Å²) in [5, 5.41) is 0. The Balaban J connectivity index is 1.45. The monoisotopic (exact) mass is 366 g/mol. The molecule has 0 aromatic heterocycles. The number of carbonyl (C=O) groups is 1. The molecule has 1 atom stereocenters. The zero-order valence-electron chi connectivity index (χ0n) is 16.0. The summed E-state index contributed by atoms with van der Waals surface area (Å²) in [5.41, 5.74) is 3.50.